The third-order valence-electron chi connectivity index (χ3n) is 6.76. The van der Waals surface area contributed by atoms with Gasteiger partial charge >= 0.3 is 0 Å². The lowest BCUT2D eigenvalue weighted by atomic mass is 10.1. The average Bonchev–Trinajstić information content (AvgIpc) is 3.27. The average molecular weight is 491 g/mol. The largest absolute Gasteiger partial charge is 0.341 e. The van der Waals surface area contributed by atoms with Gasteiger partial charge in [0.15, 0.2) is 0 Å². The lowest BCUT2D eigenvalue weighted by molar-refractivity contribution is -0.135. The maximum Gasteiger partial charge on any atom is 0.236 e. The number of benzene rings is 2. The van der Waals surface area contributed by atoms with E-state index in [1.807, 2.05) is 39.0 Å². The highest BCUT2D eigenvalue weighted by molar-refractivity contribution is 5.79. The maximum atomic E-state index is 15.1. The first-order valence-electron chi connectivity index (χ1n) is 12.0. The molecule has 0 saturated carbocycles. The Morgan fingerprint density at radius 3 is 2.50 bits per heavy atom. The van der Waals surface area contributed by atoms with E-state index in [0.29, 0.717) is 36.9 Å². The van der Waals surface area contributed by atoms with Crippen molar-refractivity contribution < 1.29 is 13.6 Å². The lowest BCUT2D eigenvalue weighted by Gasteiger charge is -2.33. The number of rotatable bonds is 6. The monoisotopic (exact) mass is 490 g/mol. The summed E-state index contributed by atoms with van der Waals surface area (Å²) in [7, 11) is 0. The highest BCUT2D eigenvalue weighted by Gasteiger charge is 2.25. The van der Waals surface area contributed by atoms with Crippen LogP contribution in [0.5, 0.6) is 0 Å². The summed E-state index contributed by atoms with van der Waals surface area (Å²) in [4.78, 5) is 24.7. The number of aromatic nitrogens is 3. The van der Waals surface area contributed by atoms with Crippen molar-refractivity contribution in [3.05, 3.63) is 77.1 Å². The molecule has 0 unspecified atom stereocenters. The van der Waals surface area contributed by atoms with Crippen LogP contribution in [-0.4, -0.2) is 56.4 Å². The van der Waals surface area contributed by atoms with Crippen LogP contribution in [0.4, 0.5) is 20.4 Å². The number of anilines is 2. The number of aryl methyl sites for hydroxylation is 2. The number of amides is 1. The van der Waals surface area contributed by atoms with Gasteiger partial charge in [0.05, 0.1) is 12.2 Å². The summed E-state index contributed by atoms with van der Waals surface area (Å²) in [6.07, 6.45) is 3.39. The van der Waals surface area contributed by atoms with Crippen molar-refractivity contribution in [3.8, 4) is 5.69 Å². The van der Waals surface area contributed by atoms with Gasteiger partial charge in [0.25, 0.3) is 0 Å². The first-order chi connectivity index (χ1) is 17.3. The number of likely N-dealkylation sites (N-methyl/N-ethyl adjacent to an activating group) is 1. The van der Waals surface area contributed by atoms with E-state index < -0.39 is 11.6 Å². The zero-order valence-corrected chi connectivity index (χ0v) is 20.6. The van der Waals surface area contributed by atoms with Gasteiger partial charge in [0.2, 0.25) is 11.9 Å². The first-order valence-corrected chi connectivity index (χ1v) is 12.0. The fourth-order valence-electron chi connectivity index (χ4n) is 4.46. The summed E-state index contributed by atoms with van der Waals surface area (Å²) in [6.45, 7) is 7.98. The third-order valence-corrected chi connectivity index (χ3v) is 6.76. The first kappa shape index (κ1) is 23.9. The predicted molar refractivity (Wildman–Crippen MR) is 136 cm³/mol. The number of hydrogen-bond donors (Lipinski definition) is 1. The summed E-state index contributed by atoms with van der Waals surface area (Å²) in [5.41, 5.74) is 4.01. The summed E-state index contributed by atoms with van der Waals surface area (Å²) in [5.74, 6) is -0.941. The molecule has 1 N–H and O–H groups in total. The molecule has 36 heavy (non-hydrogen) atoms. The summed E-state index contributed by atoms with van der Waals surface area (Å²) < 4.78 is 31.9. The molecular formula is C27H28F2N6O. The number of nitrogens with one attached hydrogen (secondary N) is 1. The molecule has 1 aliphatic heterocycles. The summed E-state index contributed by atoms with van der Waals surface area (Å²) in [5, 5.41) is 3.95. The maximum absolute atomic E-state index is 15.1. The van der Waals surface area contributed by atoms with E-state index >= 15 is 8.78 Å². The molecule has 7 nitrogen and oxygen atoms in total. The van der Waals surface area contributed by atoms with E-state index in [-0.39, 0.29) is 24.6 Å². The van der Waals surface area contributed by atoms with E-state index in [1.54, 1.807) is 32.8 Å². The molecule has 0 spiro atoms. The molecule has 0 bridgehead atoms. The van der Waals surface area contributed by atoms with Gasteiger partial charge in [0, 0.05) is 55.2 Å². The van der Waals surface area contributed by atoms with Gasteiger partial charge in [-0.25, -0.2) is 13.8 Å². The van der Waals surface area contributed by atoms with Crippen LogP contribution in [0.25, 0.3) is 16.7 Å². The fourth-order valence-corrected chi connectivity index (χ4v) is 4.46. The Bertz CT molecular complexity index is 1430. The van der Waals surface area contributed by atoms with E-state index in [2.05, 4.69) is 15.3 Å². The van der Waals surface area contributed by atoms with Crippen molar-refractivity contribution in [2.24, 2.45) is 0 Å². The van der Waals surface area contributed by atoms with Crippen molar-refractivity contribution >= 4 is 28.6 Å². The predicted octanol–water partition coefficient (Wildman–Crippen LogP) is 4.72. The molecule has 9 heteroatoms. The molecule has 3 heterocycles. The van der Waals surface area contributed by atoms with Crippen LogP contribution in [0.3, 0.4) is 0 Å². The number of fused-ring (bicyclic) bond motifs is 1. The quantitative estimate of drug-likeness (QED) is 0.424. The minimum absolute atomic E-state index is 0.0232. The Kier molecular flexibility index (Phi) is 6.40. The molecule has 1 aliphatic rings. The second-order valence-corrected chi connectivity index (χ2v) is 9.15. The number of carbonyl (C=O) groups is 1. The van der Waals surface area contributed by atoms with Gasteiger partial charge < -0.3 is 14.8 Å². The second-order valence-electron chi connectivity index (χ2n) is 9.15. The number of nitrogens with zero attached hydrogens (tertiary/aromatic N) is 5. The Hall–Kier alpha value is -3.85. The highest BCUT2D eigenvalue weighted by atomic mass is 19.1. The van der Waals surface area contributed by atoms with Crippen molar-refractivity contribution in [1.82, 2.24) is 24.3 Å². The van der Waals surface area contributed by atoms with Gasteiger partial charge in [-0.05, 0) is 62.2 Å². The van der Waals surface area contributed by atoms with Crippen LogP contribution in [0.1, 0.15) is 23.6 Å². The summed E-state index contributed by atoms with van der Waals surface area (Å²) >= 11 is 0. The zero-order valence-electron chi connectivity index (χ0n) is 20.6. The number of carbonyl (C=O) groups excluding carboxylic acids is 1. The molecule has 1 fully saturated rings. The smallest absolute Gasteiger partial charge is 0.236 e. The van der Waals surface area contributed by atoms with Gasteiger partial charge in [0.1, 0.15) is 17.3 Å². The second kappa shape index (κ2) is 9.66. The SMILES string of the molecule is CCN1CCN(Cc2c(F)cc(-n3ccc4cnc(Nc5ccc(C)c(C)c5)nc43)cc2F)CC1=O. The molecule has 1 amide bonds. The molecule has 5 rings (SSSR count). The highest BCUT2D eigenvalue weighted by Crippen LogP contribution is 2.25. The van der Waals surface area contributed by atoms with E-state index in [1.165, 1.54) is 17.7 Å². The molecular weight excluding hydrogens is 462 g/mol. The van der Waals surface area contributed by atoms with Crippen LogP contribution >= 0.6 is 0 Å². The topological polar surface area (TPSA) is 66.3 Å². The summed E-state index contributed by atoms with van der Waals surface area (Å²) in [6, 6.07) is 10.4. The standard InChI is InChI=1S/C27H28F2N6O/c1-4-34-10-9-33(16-25(34)36)15-22-23(28)12-21(13-24(22)29)35-8-7-19-14-30-27(32-26(19)35)31-20-6-5-17(2)18(3)11-20/h5-8,11-14H,4,9-10,15-16H2,1-3H3,(H,30,31,32). The Morgan fingerprint density at radius 2 is 1.81 bits per heavy atom. The minimum atomic E-state index is -0.653. The fraction of sp³-hybridized carbons (Fsp3) is 0.296. The van der Waals surface area contributed by atoms with Crippen LogP contribution in [-0.2, 0) is 11.3 Å². The van der Waals surface area contributed by atoms with Gasteiger partial charge in [-0.1, -0.05) is 6.07 Å². The number of hydrogen-bond acceptors (Lipinski definition) is 5. The Balaban J connectivity index is 1.41. The Labute approximate surface area is 208 Å². The molecule has 1 saturated heterocycles. The van der Waals surface area contributed by atoms with Crippen LogP contribution in [0.15, 0.2) is 48.8 Å². The van der Waals surface area contributed by atoms with Crippen molar-refractivity contribution in [1.29, 1.82) is 0 Å². The molecule has 4 aromatic rings. The molecule has 0 atom stereocenters. The molecule has 0 aliphatic carbocycles. The van der Waals surface area contributed by atoms with Crippen LogP contribution < -0.4 is 5.32 Å². The molecule has 0 radical (unpaired) electrons. The van der Waals surface area contributed by atoms with E-state index in [9.17, 15) is 4.79 Å². The Morgan fingerprint density at radius 1 is 1.03 bits per heavy atom. The van der Waals surface area contributed by atoms with Crippen LogP contribution in [0, 0.1) is 25.5 Å². The molecule has 2 aromatic heterocycles. The normalized spacial score (nSPS) is 14.6. The lowest BCUT2D eigenvalue weighted by Crippen LogP contribution is -2.49. The molecule has 186 valence electrons. The van der Waals surface area contributed by atoms with Crippen molar-refractivity contribution in [3.63, 3.8) is 0 Å². The van der Waals surface area contributed by atoms with Gasteiger partial charge in [-0.2, -0.15) is 4.98 Å². The van der Waals surface area contributed by atoms with Crippen LogP contribution in [0.2, 0.25) is 0 Å². The number of piperazine rings is 1. The minimum Gasteiger partial charge on any atom is -0.341 e. The van der Waals surface area contributed by atoms with E-state index in [4.69, 9.17) is 0 Å². The van der Waals surface area contributed by atoms with Crippen molar-refractivity contribution in [2.75, 3.05) is 31.5 Å². The van der Waals surface area contributed by atoms with Crippen molar-refractivity contribution in [2.45, 2.75) is 27.3 Å². The zero-order chi connectivity index (χ0) is 25.4. The molecule has 2 aromatic carbocycles. The van der Waals surface area contributed by atoms with Gasteiger partial charge in [-0.15, -0.1) is 0 Å². The number of halogens is 2. The van der Waals surface area contributed by atoms with E-state index in [0.717, 1.165) is 16.6 Å². The third kappa shape index (κ3) is 4.66. The van der Waals surface area contributed by atoms with Gasteiger partial charge in [-0.3, -0.25) is 9.69 Å².